The molecule has 4 rings (SSSR count). The highest BCUT2D eigenvalue weighted by molar-refractivity contribution is 5.90. The molecule has 0 bridgehead atoms. The second-order valence-electron chi connectivity index (χ2n) is 5.73. The van der Waals surface area contributed by atoms with Gasteiger partial charge in [0, 0.05) is 30.4 Å². The van der Waals surface area contributed by atoms with E-state index in [1.165, 1.54) is 10.6 Å². The van der Waals surface area contributed by atoms with Crippen LogP contribution in [0.15, 0.2) is 70.4 Å². The van der Waals surface area contributed by atoms with Gasteiger partial charge in [-0.15, -0.1) is 0 Å². The average molecular weight is 333 g/mol. The minimum Gasteiger partial charge on any atom is -0.454 e. The molecule has 2 heterocycles. The summed E-state index contributed by atoms with van der Waals surface area (Å²) in [5.74, 6) is 1.18. The topological polar surface area (TPSA) is 79.9 Å². The summed E-state index contributed by atoms with van der Waals surface area (Å²) < 4.78 is 7.59. The first kappa shape index (κ1) is 15.0. The van der Waals surface area contributed by atoms with Crippen LogP contribution in [-0.4, -0.2) is 14.5 Å². The molecule has 2 aromatic carbocycles. The SMILES string of the molecule is Cn1cc(-c2ccc3[nH]c(=O)[nH]c3c2Oc2ccccc2)ccc1=O. The van der Waals surface area contributed by atoms with Gasteiger partial charge in [0.05, 0.1) is 5.52 Å². The molecule has 0 atom stereocenters. The first-order valence-corrected chi connectivity index (χ1v) is 7.77. The van der Waals surface area contributed by atoms with Crippen LogP contribution in [0.4, 0.5) is 0 Å². The Hall–Kier alpha value is -3.54. The van der Waals surface area contributed by atoms with Gasteiger partial charge in [0.15, 0.2) is 5.75 Å². The lowest BCUT2D eigenvalue weighted by atomic mass is 10.1. The van der Waals surface area contributed by atoms with E-state index in [1.54, 1.807) is 19.3 Å². The normalized spacial score (nSPS) is 10.9. The fourth-order valence-corrected chi connectivity index (χ4v) is 2.77. The number of hydrogen-bond donors (Lipinski definition) is 2. The summed E-state index contributed by atoms with van der Waals surface area (Å²) in [5, 5.41) is 0. The molecule has 4 aromatic rings. The van der Waals surface area contributed by atoms with Crippen molar-refractivity contribution in [3.8, 4) is 22.6 Å². The molecule has 6 nitrogen and oxygen atoms in total. The van der Waals surface area contributed by atoms with Gasteiger partial charge in [-0.2, -0.15) is 0 Å². The first-order valence-electron chi connectivity index (χ1n) is 7.77. The third-order valence-electron chi connectivity index (χ3n) is 4.00. The molecule has 0 amide bonds. The van der Waals surface area contributed by atoms with Crippen LogP contribution >= 0.6 is 0 Å². The Morgan fingerprint density at radius 1 is 0.920 bits per heavy atom. The molecule has 0 unspecified atom stereocenters. The number of benzene rings is 2. The van der Waals surface area contributed by atoms with Crippen molar-refractivity contribution in [2.75, 3.05) is 0 Å². The monoisotopic (exact) mass is 333 g/mol. The second kappa shape index (κ2) is 5.83. The van der Waals surface area contributed by atoms with Gasteiger partial charge in [-0.05, 0) is 30.3 Å². The smallest absolute Gasteiger partial charge is 0.323 e. The lowest BCUT2D eigenvalue weighted by Crippen LogP contribution is -2.14. The Labute approximate surface area is 142 Å². The largest absolute Gasteiger partial charge is 0.454 e. The zero-order valence-corrected chi connectivity index (χ0v) is 13.4. The molecule has 25 heavy (non-hydrogen) atoms. The number of ether oxygens (including phenoxy) is 1. The van der Waals surface area contributed by atoms with Crippen molar-refractivity contribution < 1.29 is 4.74 Å². The summed E-state index contributed by atoms with van der Waals surface area (Å²) in [6, 6.07) is 16.3. The van der Waals surface area contributed by atoms with Crippen LogP contribution < -0.4 is 16.0 Å². The number of pyridine rings is 1. The lowest BCUT2D eigenvalue weighted by molar-refractivity contribution is 0.489. The van der Waals surface area contributed by atoms with E-state index in [4.69, 9.17) is 4.74 Å². The van der Waals surface area contributed by atoms with E-state index < -0.39 is 0 Å². The lowest BCUT2D eigenvalue weighted by Gasteiger charge is -2.13. The van der Waals surface area contributed by atoms with E-state index in [1.807, 2.05) is 42.5 Å². The summed E-state index contributed by atoms with van der Waals surface area (Å²) in [6.07, 6.45) is 1.74. The molecule has 0 saturated carbocycles. The van der Waals surface area contributed by atoms with E-state index >= 15 is 0 Å². The number of H-pyrrole nitrogens is 2. The maximum absolute atomic E-state index is 11.7. The van der Waals surface area contributed by atoms with Gasteiger partial charge in [-0.1, -0.05) is 18.2 Å². The van der Waals surface area contributed by atoms with Crippen LogP contribution in [0.25, 0.3) is 22.2 Å². The molecular formula is C19H15N3O3. The fraction of sp³-hybridized carbons (Fsp3) is 0.0526. The highest BCUT2D eigenvalue weighted by Crippen LogP contribution is 2.37. The quantitative estimate of drug-likeness (QED) is 0.605. The Morgan fingerprint density at radius 2 is 1.72 bits per heavy atom. The van der Waals surface area contributed by atoms with E-state index in [-0.39, 0.29) is 11.2 Å². The molecule has 0 aliphatic rings. The maximum atomic E-state index is 11.7. The number of rotatable bonds is 3. The number of fused-ring (bicyclic) bond motifs is 1. The van der Waals surface area contributed by atoms with Crippen molar-refractivity contribution in [3.05, 3.63) is 81.6 Å². The zero-order chi connectivity index (χ0) is 17.4. The molecule has 0 fully saturated rings. The standard InChI is InChI=1S/C19H15N3O3/c1-22-11-12(7-10-16(22)23)14-8-9-15-17(21-19(24)20-15)18(14)25-13-5-3-2-4-6-13/h2-11H,1H3,(H2,20,21,24). The van der Waals surface area contributed by atoms with Crippen LogP contribution in [0.3, 0.4) is 0 Å². The predicted molar refractivity (Wildman–Crippen MR) is 96.1 cm³/mol. The van der Waals surface area contributed by atoms with E-state index in [2.05, 4.69) is 9.97 Å². The van der Waals surface area contributed by atoms with Crippen molar-refractivity contribution in [1.82, 2.24) is 14.5 Å². The molecule has 124 valence electrons. The van der Waals surface area contributed by atoms with Crippen LogP contribution in [0.1, 0.15) is 0 Å². The highest BCUT2D eigenvalue weighted by atomic mass is 16.5. The number of imidazole rings is 1. The third-order valence-corrected chi connectivity index (χ3v) is 4.00. The fourth-order valence-electron chi connectivity index (χ4n) is 2.77. The maximum Gasteiger partial charge on any atom is 0.323 e. The van der Waals surface area contributed by atoms with Crippen molar-refractivity contribution in [2.24, 2.45) is 7.05 Å². The van der Waals surface area contributed by atoms with Crippen molar-refractivity contribution >= 4 is 11.0 Å². The average Bonchev–Trinajstić information content (AvgIpc) is 2.99. The van der Waals surface area contributed by atoms with Gasteiger partial charge < -0.3 is 19.3 Å². The molecule has 0 aliphatic heterocycles. The molecule has 2 aromatic heterocycles. The Morgan fingerprint density at radius 3 is 2.48 bits per heavy atom. The van der Waals surface area contributed by atoms with Gasteiger partial charge in [0.2, 0.25) is 5.56 Å². The Balaban J connectivity index is 1.96. The molecule has 6 heteroatoms. The second-order valence-corrected chi connectivity index (χ2v) is 5.73. The van der Waals surface area contributed by atoms with Crippen LogP contribution in [-0.2, 0) is 7.05 Å². The van der Waals surface area contributed by atoms with Gasteiger partial charge >= 0.3 is 5.69 Å². The number of nitrogens with one attached hydrogen (secondary N) is 2. The third kappa shape index (κ3) is 2.74. The number of aryl methyl sites for hydroxylation is 1. The minimum atomic E-state index is -0.300. The summed E-state index contributed by atoms with van der Waals surface area (Å²) >= 11 is 0. The molecule has 2 N–H and O–H groups in total. The van der Waals surface area contributed by atoms with Crippen molar-refractivity contribution in [1.29, 1.82) is 0 Å². The Kier molecular flexibility index (Phi) is 3.50. The van der Waals surface area contributed by atoms with Crippen LogP contribution in [0.5, 0.6) is 11.5 Å². The summed E-state index contributed by atoms with van der Waals surface area (Å²) in [4.78, 5) is 28.9. The number of hydrogen-bond acceptors (Lipinski definition) is 3. The first-order chi connectivity index (χ1) is 12.1. The number of nitrogens with zero attached hydrogens (tertiary/aromatic N) is 1. The van der Waals surface area contributed by atoms with Gasteiger partial charge in [0.25, 0.3) is 0 Å². The molecular weight excluding hydrogens is 318 g/mol. The van der Waals surface area contributed by atoms with Crippen molar-refractivity contribution in [2.45, 2.75) is 0 Å². The number of para-hydroxylation sites is 1. The number of aromatic nitrogens is 3. The molecule has 0 aliphatic carbocycles. The van der Waals surface area contributed by atoms with Gasteiger partial charge in [-0.3, -0.25) is 4.79 Å². The number of aromatic amines is 2. The minimum absolute atomic E-state index is 0.0922. The van der Waals surface area contributed by atoms with Gasteiger partial charge in [0.1, 0.15) is 11.3 Å². The predicted octanol–water partition coefficient (Wildman–Crippen LogP) is 3.01. The summed E-state index contributed by atoms with van der Waals surface area (Å²) in [5.41, 5.74) is 2.44. The summed E-state index contributed by atoms with van der Waals surface area (Å²) in [7, 11) is 1.69. The van der Waals surface area contributed by atoms with E-state index in [9.17, 15) is 9.59 Å². The van der Waals surface area contributed by atoms with Gasteiger partial charge in [-0.25, -0.2) is 4.79 Å². The van der Waals surface area contributed by atoms with E-state index in [0.29, 0.717) is 22.5 Å². The van der Waals surface area contributed by atoms with E-state index in [0.717, 1.165) is 11.1 Å². The van der Waals surface area contributed by atoms with Crippen LogP contribution in [0.2, 0.25) is 0 Å². The zero-order valence-electron chi connectivity index (χ0n) is 13.4. The molecule has 0 saturated heterocycles. The molecule has 0 radical (unpaired) electrons. The Bertz CT molecular complexity index is 1170. The highest BCUT2D eigenvalue weighted by Gasteiger charge is 2.15. The summed E-state index contributed by atoms with van der Waals surface area (Å²) in [6.45, 7) is 0. The van der Waals surface area contributed by atoms with Crippen molar-refractivity contribution in [3.63, 3.8) is 0 Å². The van der Waals surface area contributed by atoms with Crippen LogP contribution in [0, 0.1) is 0 Å². The molecule has 0 spiro atoms.